The lowest BCUT2D eigenvalue weighted by molar-refractivity contribution is 0.330. The predicted octanol–water partition coefficient (Wildman–Crippen LogP) is 3.17. The second-order valence-electron chi connectivity index (χ2n) is 4.01. The number of nitrogens with zero attached hydrogens (tertiary/aromatic N) is 3. The largest absolute Gasteiger partial charge is 0.243 e. The van der Waals surface area contributed by atoms with E-state index in [1.807, 2.05) is 0 Å². The summed E-state index contributed by atoms with van der Waals surface area (Å²) in [6.45, 7) is 0. The molecule has 1 saturated carbocycles. The third kappa shape index (κ3) is 2.36. The fourth-order valence-electron chi connectivity index (χ4n) is 2.23. The monoisotopic (exact) mass is 179 g/mol. The summed E-state index contributed by atoms with van der Waals surface area (Å²) in [6.07, 6.45) is 11.3. The maximum Gasteiger partial charge on any atom is 0.165 e. The fraction of sp³-hybridized carbons (Fsp3) is 0.900. The van der Waals surface area contributed by atoms with E-state index in [2.05, 4.69) is 15.2 Å². The molecule has 0 aromatic carbocycles. The zero-order valence-corrected chi connectivity index (χ0v) is 8.02. The van der Waals surface area contributed by atoms with Crippen LogP contribution in [0.2, 0.25) is 0 Å². The molecular weight excluding hydrogens is 162 g/mol. The standard InChI is InChI=1S/C10H17N3/c1-2-4-6-9(7-5-3-1)10-11-8-12-13-10/h8-10H,1-7H2. The highest BCUT2D eigenvalue weighted by molar-refractivity contribution is 5.56. The number of hydrogen-bond acceptors (Lipinski definition) is 3. The fourth-order valence-corrected chi connectivity index (χ4v) is 2.23. The third-order valence-corrected chi connectivity index (χ3v) is 3.03. The first kappa shape index (κ1) is 8.85. The van der Waals surface area contributed by atoms with Gasteiger partial charge in [-0.3, -0.25) is 0 Å². The van der Waals surface area contributed by atoms with Gasteiger partial charge in [0.15, 0.2) is 6.17 Å². The van der Waals surface area contributed by atoms with Crippen molar-refractivity contribution in [2.45, 2.75) is 51.1 Å². The maximum absolute atomic E-state index is 4.27. The van der Waals surface area contributed by atoms with Crippen molar-refractivity contribution in [2.24, 2.45) is 21.1 Å². The van der Waals surface area contributed by atoms with Crippen molar-refractivity contribution in [3.8, 4) is 0 Å². The second kappa shape index (κ2) is 4.49. The molecule has 0 bridgehead atoms. The van der Waals surface area contributed by atoms with Crippen LogP contribution in [0.25, 0.3) is 0 Å². The molecule has 1 atom stereocenters. The summed E-state index contributed by atoms with van der Waals surface area (Å²) in [6, 6.07) is 0. The second-order valence-corrected chi connectivity index (χ2v) is 4.01. The number of hydrogen-bond donors (Lipinski definition) is 0. The smallest absolute Gasteiger partial charge is 0.165 e. The molecule has 3 heteroatoms. The number of rotatable bonds is 1. The Morgan fingerprint density at radius 3 is 2.23 bits per heavy atom. The lowest BCUT2D eigenvalue weighted by Gasteiger charge is -2.20. The molecule has 1 fully saturated rings. The minimum absolute atomic E-state index is 0.165. The lowest BCUT2D eigenvalue weighted by Crippen LogP contribution is -2.16. The van der Waals surface area contributed by atoms with Gasteiger partial charge in [0.1, 0.15) is 6.34 Å². The Hall–Kier alpha value is -0.730. The molecule has 72 valence electrons. The van der Waals surface area contributed by atoms with Crippen LogP contribution in [0.15, 0.2) is 15.2 Å². The topological polar surface area (TPSA) is 37.1 Å². The summed E-state index contributed by atoms with van der Waals surface area (Å²) in [5.41, 5.74) is 0. The maximum atomic E-state index is 4.27. The van der Waals surface area contributed by atoms with Gasteiger partial charge in [-0.15, -0.1) is 5.11 Å². The molecule has 0 N–H and O–H groups in total. The van der Waals surface area contributed by atoms with Crippen LogP contribution in [-0.2, 0) is 0 Å². The highest BCUT2D eigenvalue weighted by Crippen LogP contribution is 2.28. The Balaban J connectivity index is 1.88. The highest BCUT2D eigenvalue weighted by atomic mass is 15.3. The zero-order valence-electron chi connectivity index (χ0n) is 8.02. The molecular formula is C10H17N3. The summed E-state index contributed by atoms with van der Waals surface area (Å²) in [7, 11) is 0. The Morgan fingerprint density at radius 1 is 0.923 bits per heavy atom. The average molecular weight is 179 g/mol. The molecule has 13 heavy (non-hydrogen) atoms. The van der Waals surface area contributed by atoms with Crippen molar-refractivity contribution in [1.29, 1.82) is 0 Å². The van der Waals surface area contributed by atoms with Gasteiger partial charge in [0.05, 0.1) is 0 Å². The van der Waals surface area contributed by atoms with Crippen molar-refractivity contribution >= 4 is 6.34 Å². The molecule has 1 aliphatic carbocycles. The van der Waals surface area contributed by atoms with E-state index in [-0.39, 0.29) is 6.17 Å². The molecule has 0 saturated heterocycles. The number of aliphatic imine (C=N–C) groups is 1. The summed E-state index contributed by atoms with van der Waals surface area (Å²) in [5, 5.41) is 7.96. The first-order chi connectivity index (χ1) is 6.47. The molecule has 1 heterocycles. The van der Waals surface area contributed by atoms with Gasteiger partial charge in [-0.2, -0.15) is 5.11 Å². The van der Waals surface area contributed by atoms with Crippen LogP contribution in [0.1, 0.15) is 44.9 Å². The minimum Gasteiger partial charge on any atom is -0.243 e. The lowest BCUT2D eigenvalue weighted by atomic mass is 9.89. The van der Waals surface area contributed by atoms with E-state index in [0.717, 1.165) is 0 Å². The molecule has 0 amide bonds. The average Bonchev–Trinajstić information content (AvgIpc) is 2.55. The van der Waals surface area contributed by atoms with E-state index < -0.39 is 0 Å². The Morgan fingerprint density at radius 2 is 1.62 bits per heavy atom. The van der Waals surface area contributed by atoms with E-state index in [9.17, 15) is 0 Å². The molecule has 1 unspecified atom stereocenters. The summed E-state index contributed by atoms with van der Waals surface area (Å²) >= 11 is 0. The Bertz CT molecular complexity index is 190. The molecule has 0 radical (unpaired) electrons. The number of azo groups is 1. The van der Waals surface area contributed by atoms with Gasteiger partial charge in [-0.1, -0.05) is 32.1 Å². The van der Waals surface area contributed by atoms with Crippen LogP contribution in [0.4, 0.5) is 0 Å². The van der Waals surface area contributed by atoms with Crippen molar-refractivity contribution in [3.05, 3.63) is 0 Å². The SMILES string of the molecule is C1=NC(C2CCCCCCC2)N=N1. The third-order valence-electron chi connectivity index (χ3n) is 3.03. The van der Waals surface area contributed by atoms with Gasteiger partial charge in [-0.05, 0) is 12.8 Å². The van der Waals surface area contributed by atoms with Gasteiger partial charge in [0, 0.05) is 5.92 Å². The van der Waals surface area contributed by atoms with E-state index in [1.165, 1.54) is 44.9 Å². The molecule has 0 aromatic rings. The van der Waals surface area contributed by atoms with Crippen molar-refractivity contribution in [1.82, 2.24) is 0 Å². The zero-order chi connectivity index (χ0) is 8.93. The van der Waals surface area contributed by atoms with Crippen molar-refractivity contribution in [3.63, 3.8) is 0 Å². The highest BCUT2D eigenvalue weighted by Gasteiger charge is 2.22. The van der Waals surface area contributed by atoms with Crippen LogP contribution < -0.4 is 0 Å². The molecule has 2 rings (SSSR count). The van der Waals surface area contributed by atoms with E-state index in [1.54, 1.807) is 6.34 Å². The Labute approximate surface area is 79.4 Å². The molecule has 1 aliphatic heterocycles. The summed E-state index contributed by atoms with van der Waals surface area (Å²) in [5.74, 6) is 0.669. The van der Waals surface area contributed by atoms with E-state index in [4.69, 9.17) is 0 Å². The minimum atomic E-state index is 0.165. The van der Waals surface area contributed by atoms with Crippen LogP contribution in [-0.4, -0.2) is 12.5 Å². The van der Waals surface area contributed by atoms with Gasteiger partial charge >= 0.3 is 0 Å². The quantitative estimate of drug-likeness (QED) is 0.593. The molecule has 2 aliphatic rings. The van der Waals surface area contributed by atoms with E-state index in [0.29, 0.717) is 5.92 Å². The summed E-state index contributed by atoms with van der Waals surface area (Å²) in [4.78, 5) is 4.27. The predicted molar refractivity (Wildman–Crippen MR) is 52.9 cm³/mol. The van der Waals surface area contributed by atoms with Crippen molar-refractivity contribution in [2.75, 3.05) is 0 Å². The van der Waals surface area contributed by atoms with Crippen LogP contribution in [0.5, 0.6) is 0 Å². The first-order valence-electron chi connectivity index (χ1n) is 5.38. The van der Waals surface area contributed by atoms with Gasteiger partial charge in [-0.25, -0.2) is 4.99 Å². The van der Waals surface area contributed by atoms with Crippen molar-refractivity contribution < 1.29 is 0 Å². The van der Waals surface area contributed by atoms with Crippen LogP contribution in [0.3, 0.4) is 0 Å². The summed E-state index contributed by atoms with van der Waals surface area (Å²) < 4.78 is 0. The molecule has 3 nitrogen and oxygen atoms in total. The Kier molecular flexibility index (Phi) is 3.06. The van der Waals surface area contributed by atoms with E-state index >= 15 is 0 Å². The van der Waals surface area contributed by atoms with Gasteiger partial charge in [0.2, 0.25) is 0 Å². The first-order valence-corrected chi connectivity index (χ1v) is 5.38. The van der Waals surface area contributed by atoms with Gasteiger partial charge in [0.25, 0.3) is 0 Å². The molecule has 0 aromatic heterocycles. The van der Waals surface area contributed by atoms with Gasteiger partial charge < -0.3 is 0 Å². The normalized spacial score (nSPS) is 30.3. The van der Waals surface area contributed by atoms with Crippen LogP contribution in [0, 0.1) is 5.92 Å². The van der Waals surface area contributed by atoms with Crippen LogP contribution >= 0.6 is 0 Å². The molecule has 0 spiro atoms.